The second kappa shape index (κ2) is 7.25. The van der Waals surface area contributed by atoms with Crippen molar-refractivity contribution >= 4 is 35.0 Å². The first-order chi connectivity index (χ1) is 9.65. The average molecular weight is 312 g/mol. The molecule has 0 saturated carbocycles. The molecule has 6 nitrogen and oxygen atoms in total. The number of carbonyl (C=O) groups excluding carboxylic acids is 1. The van der Waals surface area contributed by atoms with Crippen LogP contribution in [0.2, 0.25) is 5.02 Å². The molecule has 2 aromatic rings. The van der Waals surface area contributed by atoms with E-state index in [9.17, 15) is 4.79 Å². The second-order valence-corrected chi connectivity index (χ2v) is 5.59. The Bertz CT molecular complexity index is 571. The van der Waals surface area contributed by atoms with Crippen LogP contribution in [0.25, 0.3) is 0 Å². The molecular formula is C12H14ClN5OS. The van der Waals surface area contributed by atoms with Gasteiger partial charge in [0.15, 0.2) is 0 Å². The highest BCUT2D eigenvalue weighted by atomic mass is 35.5. The van der Waals surface area contributed by atoms with Crippen molar-refractivity contribution in [3.05, 3.63) is 29.3 Å². The molecule has 0 fully saturated rings. The molecule has 106 valence electrons. The van der Waals surface area contributed by atoms with Crippen LogP contribution in [0.5, 0.6) is 0 Å². The molecule has 0 radical (unpaired) electrons. The molecule has 1 aromatic carbocycles. The summed E-state index contributed by atoms with van der Waals surface area (Å²) in [6.45, 7) is 0. The summed E-state index contributed by atoms with van der Waals surface area (Å²) >= 11 is 7.31. The van der Waals surface area contributed by atoms with Gasteiger partial charge in [0.1, 0.15) is 0 Å². The molecule has 1 N–H and O–H groups in total. The van der Waals surface area contributed by atoms with E-state index in [4.69, 9.17) is 11.6 Å². The highest BCUT2D eigenvalue weighted by molar-refractivity contribution is 7.99. The van der Waals surface area contributed by atoms with Crippen molar-refractivity contribution in [1.29, 1.82) is 0 Å². The first kappa shape index (κ1) is 14.8. The molecule has 0 bridgehead atoms. The maximum atomic E-state index is 11.7. The number of nitrogens with zero attached hydrogens (tertiary/aromatic N) is 4. The first-order valence-electron chi connectivity index (χ1n) is 6.06. The van der Waals surface area contributed by atoms with Gasteiger partial charge < -0.3 is 5.32 Å². The largest absolute Gasteiger partial charge is 0.326 e. The van der Waals surface area contributed by atoms with Gasteiger partial charge in [0.25, 0.3) is 0 Å². The number of rotatable bonds is 6. The van der Waals surface area contributed by atoms with E-state index in [0.29, 0.717) is 11.4 Å². The first-order valence-corrected chi connectivity index (χ1v) is 7.42. The van der Waals surface area contributed by atoms with E-state index >= 15 is 0 Å². The number of carbonyl (C=O) groups is 1. The number of thioether (sulfide) groups is 1. The summed E-state index contributed by atoms with van der Waals surface area (Å²) in [5.74, 6) is 0.784. The smallest absolute Gasteiger partial charge is 0.224 e. The SMILES string of the molecule is Cn1nnnc1SCCCC(=O)Nc1ccc(Cl)cc1. The van der Waals surface area contributed by atoms with Gasteiger partial charge in [-0.2, -0.15) is 0 Å². The number of hydrogen-bond donors (Lipinski definition) is 1. The summed E-state index contributed by atoms with van der Waals surface area (Å²) in [7, 11) is 1.79. The number of nitrogens with one attached hydrogen (secondary N) is 1. The van der Waals surface area contributed by atoms with Crippen molar-refractivity contribution in [2.75, 3.05) is 11.1 Å². The van der Waals surface area contributed by atoms with E-state index in [1.807, 2.05) is 0 Å². The third-order valence-corrected chi connectivity index (χ3v) is 3.84. The van der Waals surface area contributed by atoms with Gasteiger partial charge in [-0.3, -0.25) is 4.79 Å². The van der Waals surface area contributed by atoms with Gasteiger partial charge in [0.2, 0.25) is 11.1 Å². The lowest BCUT2D eigenvalue weighted by molar-refractivity contribution is -0.116. The predicted octanol–water partition coefficient (Wildman–Crippen LogP) is 2.37. The van der Waals surface area contributed by atoms with Gasteiger partial charge in [-0.05, 0) is 41.1 Å². The van der Waals surface area contributed by atoms with E-state index in [2.05, 4.69) is 20.8 Å². The van der Waals surface area contributed by atoms with Crippen molar-refractivity contribution in [1.82, 2.24) is 20.2 Å². The van der Waals surface area contributed by atoms with Crippen molar-refractivity contribution in [3.8, 4) is 0 Å². The monoisotopic (exact) mass is 311 g/mol. The van der Waals surface area contributed by atoms with Crippen molar-refractivity contribution in [2.45, 2.75) is 18.0 Å². The third-order valence-electron chi connectivity index (χ3n) is 2.49. The molecule has 0 saturated heterocycles. The normalized spacial score (nSPS) is 10.5. The van der Waals surface area contributed by atoms with Crippen LogP contribution in [-0.4, -0.2) is 31.9 Å². The summed E-state index contributed by atoms with van der Waals surface area (Å²) in [5, 5.41) is 15.4. The highest BCUT2D eigenvalue weighted by Crippen LogP contribution is 2.16. The Kier molecular flexibility index (Phi) is 5.37. The molecule has 0 aliphatic heterocycles. The number of aromatic nitrogens is 4. The molecule has 2 rings (SSSR count). The molecule has 0 atom stereocenters. The molecule has 1 amide bonds. The quantitative estimate of drug-likeness (QED) is 0.655. The van der Waals surface area contributed by atoms with Gasteiger partial charge in [-0.1, -0.05) is 23.4 Å². The molecule has 1 aromatic heterocycles. The Labute approximate surface area is 125 Å². The predicted molar refractivity (Wildman–Crippen MR) is 78.8 cm³/mol. The summed E-state index contributed by atoms with van der Waals surface area (Å²) in [6.07, 6.45) is 1.22. The maximum Gasteiger partial charge on any atom is 0.224 e. The second-order valence-electron chi connectivity index (χ2n) is 4.09. The Morgan fingerprint density at radius 1 is 1.40 bits per heavy atom. The molecule has 1 heterocycles. The lowest BCUT2D eigenvalue weighted by Crippen LogP contribution is -2.11. The molecular weight excluding hydrogens is 298 g/mol. The summed E-state index contributed by atoms with van der Waals surface area (Å²) in [6, 6.07) is 7.04. The highest BCUT2D eigenvalue weighted by Gasteiger charge is 2.05. The fourth-order valence-corrected chi connectivity index (χ4v) is 2.41. The van der Waals surface area contributed by atoms with Crippen molar-refractivity contribution in [2.24, 2.45) is 7.05 Å². The van der Waals surface area contributed by atoms with Crippen LogP contribution < -0.4 is 5.32 Å². The molecule has 0 aliphatic carbocycles. The van der Waals surface area contributed by atoms with Gasteiger partial charge >= 0.3 is 0 Å². The van der Waals surface area contributed by atoms with Crippen LogP contribution in [0.3, 0.4) is 0 Å². The summed E-state index contributed by atoms with van der Waals surface area (Å²) in [5.41, 5.74) is 0.754. The summed E-state index contributed by atoms with van der Waals surface area (Å²) in [4.78, 5) is 11.7. The third kappa shape index (κ3) is 4.50. The summed E-state index contributed by atoms with van der Waals surface area (Å²) < 4.78 is 1.61. The minimum atomic E-state index is -0.0102. The zero-order valence-electron chi connectivity index (χ0n) is 10.9. The zero-order valence-corrected chi connectivity index (χ0v) is 12.5. The minimum Gasteiger partial charge on any atom is -0.326 e. The Morgan fingerprint density at radius 3 is 2.80 bits per heavy atom. The molecule has 0 spiro atoms. The molecule has 0 unspecified atom stereocenters. The van der Waals surface area contributed by atoms with E-state index in [1.54, 1.807) is 36.0 Å². The van der Waals surface area contributed by atoms with E-state index in [-0.39, 0.29) is 5.91 Å². The van der Waals surface area contributed by atoms with Crippen LogP contribution in [0.15, 0.2) is 29.4 Å². The van der Waals surface area contributed by atoms with Crippen LogP contribution in [0.4, 0.5) is 5.69 Å². The topological polar surface area (TPSA) is 72.7 Å². The molecule has 8 heteroatoms. The zero-order chi connectivity index (χ0) is 14.4. The van der Waals surface area contributed by atoms with Crippen molar-refractivity contribution in [3.63, 3.8) is 0 Å². The standard InChI is InChI=1S/C12H14ClN5OS/c1-18-12(15-16-17-18)20-8-2-3-11(19)14-10-6-4-9(13)5-7-10/h4-7H,2-3,8H2,1H3,(H,14,19). The lowest BCUT2D eigenvalue weighted by atomic mass is 10.3. The fraction of sp³-hybridized carbons (Fsp3) is 0.333. The maximum absolute atomic E-state index is 11.7. The Morgan fingerprint density at radius 2 is 2.15 bits per heavy atom. The molecule has 0 aliphatic rings. The number of halogens is 1. The van der Waals surface area contributed by atoms with Gasteiger partial charge in [-0.15, -0.1) is 5.10 Å². The van der Waals surface area contributed by atoms with Crippen LogP contribution in [0, 0.1) is 0 Å². The number of anilines is 1. The van der Waals surface area contributed by atoms with Crippen LogP contribution in [0.1, 0.15) is 12.8 Å². The van der Waals surface area contributed by atoms with Gasteiger partial charge in [0.05, 0.1) is 0 Å². The number of tetrazole rings is 1. The van der Waals surface area contributed by atoms with Crippen molar-refractivity contribution < 1.29 is 4.79 Å². The average Bonchev–Trinajstić information content (AvgIpc) is 2.83. The van der Waals surface area contributed by atoms with Crippen LogP contribution >= 0.6 is 23.4 Å². The van der Waals surface area contributed by atoms with E-state index in [1.165, 1.54) is 11.8 Å². The van der Waals surface area contributed by atoms with Gasteiger partial charge in [0, 0.05) is 29.9 Å². The van der Waals surface area contributed by atoms with Crippen LogP contribution in [-0.2, 0) is 11.8 Å². The molecule has 20 heavy (non-hydrogen) atoms. The van der Waals surface area contributed by atoms with E-state index in [0.717, 1.165) is 23.0 Å². The lowest BCUT2D eigenvalue weighted by Gasteiger charge is -2.05. The Balaban J connectivity index is 1.68. The number of hydrogen-bond acceptors (Lipinski definition) is 5. The number of benzene rings is 1. The number of amides is 1. The Hall–Kier alpha value is -1.60. The fourth-order valence-electron chi connectivity index (χ4n) is 1.50. The van der Waals surface area contributed by atoms with E-state index < -0.39 is 0 Å². The number of aryl methyl sites for hydroxylation is 1. The van der Waals surface area contributed by atoms with Gasteiger partial charge in [-0.25, -0.2) is 4.68 Å². The minimum absolute atomic E-state index is 0.0102.